The van der Waals surface area contributed by atoms with Crippen LogP contribution in [0.25, 0.3) is 0 Å². The van der Waals surface area contributed by atoms with E-state index in [0.717, 1.165) is 46.5 Å². The van der Waals surface area contributed by atoms with Crippen LogP contribution in [-0.4, -0.2) is 167 Å². The lowest BCUT2D eigenvalue weighted by Gasteiger charge is -2.33. The number of halogens is 4. The van der Waals surface area contributed by atoms with Crippen molar-refractivity contribution in [2.75, 3.05) is 106 Å². The number of sulfonamides is 2. The van der Waals surface area contributed by atoms with Gasteiger partial charge in [-0.1, -0.05) is 70.7 Å². The summed E-state index contributed by atoms with van der Waals surface area (Å²) in [6.45, 7) is 3.55. The van der Waals surface area contributed by atoms with Gasteiger partial charge in [0, 0.05) is 84.3 Å². The molecule has 4 atom stereocenters. The van der Waals surface area contributed by atoms with Crippen molar-refractivity contribution in [3.8, 4) is 0 Å². The molecular formula is C48H60Cl4N6O12S2. The molecule has 24 heteroatoms. The van der Waals surface area contributed by atoms with Crippen molar-refractivity contribution in [2.45, 2.75) is 46.9 Å². The highest BCUT2D eigenvalue weighted by Crippen LogP contribution is 2.40. The Labute approximate surface area is 440 Å². The van der Waals surface area contributed by atoms with Crippen molar-refractivity contribution in [2.24, 2.45) is 0 Å². The third kappa shape index (κ3) is 16.2. The molecule has 2 amide bonds. The third-order valence-electron chi connectivity index (χ3n) is 11.9. The highest BCUT2D eigenvalue weighted by Gasteiger charge is 2.31. The van der Waals surface area contributed by atoms with Crippen LogP contribution in [0.4, 0.5) is 0 Å². The van der Waals surface area contributed by atoms with Crippen LogP contribution >= 0.6 is 46.4 Å². The van der Waals surface area contributed by atoms with Crippen molar-refractivity contribution >= 4 is 78.3 Å². The molecule has 0 spiro atoms. The summed E-state index contributed by atoms with van der Waals surface area (Å²) in [6, 6.07) is 20.7. The smallest absolute Gasteiger partial charge is 0.252 e. The summed E-state index contributed by atoms with van der Waals surface area (Å²) in [5.41, 5.74) is 5.93. The number of benzene rings is 4. The summed E-state index contributed by atoms with van der Waals surface area (Å²) >= 11 is 25.6. The van der Waals surface area contributed by atoms with E-state index in [-0.39, 0.29) is 101 Å². The van der Waals surface area contributed by atoms with Crippen LogP contribution in [0.3, 0.4) is 0 Å². The molecule has 6 N–H and O–H groups in total. The van der Waals surface area contributed by atoms with Crippen LogP contribution in [0.5, 0.6) is 0 Å². The zero-order valence-electron chi connectivity index (χ0n) is 39.8. The number of likely N-dealkylation sites (N-methyl/N-ethyl adjacent to an activating group) is 2. The van der Waals surface area contributed by atoms with E-state index in [2.05, 4.69) is 29.9 Å². The topological polar surface area (TPSA) is 234 Å². The molecule has 0 bridgehead atoms. The Bertz CT molecular complexity index is 2510. The average molecular weight is 1120 g/mol. The Morgan fingerprint density at radius 3 is 1.24 bits per heavy atom. The number of carbonyl (C=O) groups is 2. The number of fused-ring (bicyclic) bond motifs is 2. The van der Waals surface area contributed by atoms with E-state index in [1.807, 2.05) is 26.2 Å². The Kier molecular flexibility index (Phi) is 21.9. The van der Waals surface area contributed by atoms with Crippen molar-refractivity contribution < 1.29 is 55.6 Å². The Morgan fingerprint density at radius 1 is 0.556 bits per heavy atom. The molecule has 0 saturated carbocycles. The molecule has 2 aliphatic heterocycles. The molecule has 72 heavy (non-hydrogen) atoms. The second kappa shape index (κ2) is 27.3. The first-order valence-corrected chi connectivity index (χ1v) is 27.6. The van der Waals surface area contributed by atoms with E-state index < -0.39 is 44.1 Å². The molecule has 394 valence electrons. The monoisotopic (exact) mass is 1120 g/mol. The van der Waals surface area contributed by atoms with Gasteiger partial charge in [0.15, 0.2) is 12.2 Å². The second-order valence-electron chi connectivity index (χ2n) is 17.3. The minimum absolute atomic E-state index is 0.0202. The van der Waals surface area contributed by atoms with Gasteiger partial charge in [0.05, 0.1) is 62.6 Å². The van der Waals surface area contributed by atoms with Crippen molar-refractivity contribution in [3.05, 3.63) is 126 Å². The number of ether oxygens (including phenoxy) is 4. The first-order valence-electron chi connectivity index (χ1n) is 23.1. The lowest BCUT2D eigenvalue weighted by molar-refractivity contribution is -0.146. The third-order valence-corrected chi connectivity index (χ3v) is 16.0. The van der Waals surface area contributed by atoms with Gasteiger partial charge in [-0.3, -0.25) is 9.59 Å². The summed E-state index contributed by atoms with van der Waals surface area (Å²) < 4.78 is 78.4. The van der Waals surface area contributed by atoms with E-state index in [1.54, 1.807) is 60.7 Å². The average Bonchev–Trinajstić information content (AvgIpc) is 3.34. The minimum atomic E-state index is -3.80. The number of rotatable bonds is 27. The fourth-order valence-corrected chi connectivity index (χ4v) is 11.5. The maximum atomic E-state index is 12.9. The zero-order chi connectivity index (χ0) is 52.0. The SMILES string of the molecule is CN1Cc2c(Cl)cc(Cl)cc2C(c2ccc(S(=O)(=O)NCCOCCOCCNC(=O)C(O)[C@@H](O)C(=O)NCCOCCOCCNS(=O)(=O)c3ccc(C4CN(C)Cc5c(Cl)cc(Cl)cc54)cc3)cc2)C1. The number of nitrogens with zero attached hydrogens (tertiary/aromatic N) is 2. The molecule has 2 heterocycles. The van der Waals surface area contributed by atoms with E-state index in [9.17, 15) is 36.6 Å². The molecule has 0 radical (unpaired) electrons. The van der Waals surface area contributed by atoms with Crippen LogP contribution in [0.2, 0.25) is 20.1 Å². The van der Waals surface area contributed by atoms with Crippen molar-refractivity contribution in [3.63, 3.8) is 0 Å². The Hall–Kier alpha value is -3.52. The van der Waals surface area contributed by atoms with Gasteiger partial charge in [0.2, 0.25) is 20.0 Å². The van der Waals surface area contributed by atoms with Crippen LogP contribution in [0.1, 0.15) is 45.2 Å². The summed E-state index contributed by atoms with van der Waals surface area (Å²) in [5, 5.41) is 27.4. The molecule has 6 rings (SSSR count). The van der Waals surface area contributed by atoms with Gasteiger partial charge in [0.25, 0.3) is 11.8 Å². The first kappa shape index (κ1) is 57.8. The van der Waals surface area contributed by atoms with E-state index in [0.29, 0.717) is 33.2 Å². The maximum absolute atomic E-state index is 12.9. The van der Waals surface area contributed by atoms with Gasteiger partial charge >= 0.3 is 0 Å². The van der Waals surface area contributed by atoms with E-state index in [1.165, 1.54) is 0 Å². The number of aliphatic hydroxyl groups is 2. The maximum Gasteiger partial charge on any atom is 0.252 e. The normalized spacial score (nSPS) is 17.2. The predicted molar refractivity (Wildman–Crippen MR) is 274 cm³/mol. The van der Waals surface area contributed by atoms with Crippen molar-refractivity contribution in [1.29, 1.82) is 0 Å². The van der Waals surface area contributed by atoms with E-state index >= 15 is 0 Å². The number of nitrogens with one attached hydrogen (secondary N) is 4. The molecule has 0 fully saturated rings. The summed E-state index contributed by atoms with van der Waals surface area (Å²) in [5.74, 6) is -2.03. The Balaban J connectivity index is 0.754. The van der Waals surface area contributed by atoms with Gasteiger partial charge in [-0.05, 0) is 96.0 Å². The summed E-state index contributed by atoms with van der Waals surface area (Å²) in [4.78, 5) is 29.1. The van der Waals surface area contributed by atoms with Gasteiger partial charge in [-0.2, -0.15) is 0 Å². The highest BCUT2D eigenvalue weighted by atomic mass is 35.5. The van der Waals surface area contributed by atoms with E-state index in [4.69, 9.17) is 65.4 Å². The lowest BCUT2D eigenvalue weighted by Crippen LogP contribution is -2.50. The largest absolute Gasteiger partial charge is 0.380 e. The van der Waals surface area contributed by atoms with Gasteiger partial charge in [-0.15, -0.1) is 0 Å². The molecule has 0 aliphatic carbocycles. The van der Waals surface area contributed by atoms with Crippen molar-refractivity contribution in [1.82, 2.24) is 29.9 Å². The quantitative estimate of drug-likeness (QED) is 0.0468. The molecule has 18 nitrogen and oxygen atoms in total. The predicted octanol–water partition coefficient (Wildman–Crippen LogP) is 3.73. The zero-order valence-corrected chi connectivity index (χ0v) is 44.4. The van der Waals surface area contributed by atoms with Gasteiger partial charge in [-0.25, -0.2) is 26.3 Å². The molecule has 4 aromatic carbocycles. The number of hydrogen-bond acceptors (Lipinski definition) is 14. The minimum Gasteiger partial charge on any atom is -0.380 e. The fraction of sp³-hybridized carbons (Fsp3) is 0.458. The van der Waals surface area contributed by atoms with Gasteiger partial charge in [0.1, 0.15) is 0 Å². The Morgan fingerprint density at radius 2 is 0.889 bits per heavy atom. The molecule has 3 unspecified atom stereocenters. The second-order valence-corrected chi connectivity index (χ2v) is 22.5. The number of hydrogen-bond donors (Lipinski definition) is 6. The first-order chi connectivity index (χ1) is 34.3. The van der Waals surface area contributed by atoms with Crippen LogP contribution in [0, 0.1) is 0 Å². The molecule has 0 aromatic heterocycles. The summed E-state index contributed by atoms with van der Waals surface area (Å²) in [6.07, 6.45) is -4.09. The summed E-state index contributed by atoms with van der Waals surface area (Å²) in [7, 11) is -3.60. The number of amides is 2. The van der Waals surface area contributed by atoms with Crippen LogP contribution in [0.15, 0.2) is 82.6 Å². The number of aliphatic hydroxyl groups excluding tert-OH is 2. The molecular weight excluding hydrogens is 1060 g/mol. The molecule has 2 aliphatic rings. The molecule has 4 aromatic rings. The molecule has 0 saturated heterocycles. The van der Waals surface area contributed by atoms with Crippen LogP contribution < -0.4 is 20.1 Å². The number of carbonyl (C=O) groups excluding carboxylic acids is 2. The highest BCUT2D eigenvalue weighted by molar-refractivity contribution is 7.89. The lowest BCUT2D eigenvalue weighted by atomic mass is 9.85. The van der Waals surface area contributed by atoms with Crippen LogP contribution in [-0.2, 0) is 61.7 Å². The van der Waals surface area contributed by atoms with Gasteiger partial charge < -0.3 is 49.6 Å². The standard InChI is InChI=1S/C48H60Cl4N6O12S2/c1-57-27-39(37-23-33(49)25-43(51)41(37)29-57)31-3-7-35(8-4-31)71(63,64)55-13-17-69-21-19-67-15-11-53-47(61)45(59)46(60)48(62)54-12-16-68-20-22-70-18-14-56-72(65,66)36-9-5-32(6-10-36)40-28-58(2)30-42-38(40)24-34(50)26-44(42)52/h3-10,23-26,39-40,45-46,55-56,59-60H,11-22,27-30H2,1-2H3,(H,53,61)(H,54,62)/t39?,40?,45-,46?/m1/s1. The fourth-order valence-electron chi connectivity index (χ4n) is 8.32.